The van der Waals surface area contributed by atoms with Gasteiger partial charge in [-0.2, -0.15) is 0 Å². The van der Waals surface area contributed by atoms with Crippen LogP contribution in [0.25, 0.3) is 10.2 Å². The fourth-order valence-corrected chi connectivity index (χ4v) is 3.46. The first-order valence-corrected chi connectivity index (χ1v) is 9.05. The van der Waals surface area contributed by atoms with Crippen molar-refractivity contribution in [2.45, 2.75) is 6.61 Å². The molecule has 2 aromatic carbocycles. The summed E-state index contributed by atoms with van der Waals surface area (Å²) in [6.45, 7) is 0.236. The number of nitrogens with one attached hydrogen (secondary N) is 1. The largest absolute Gasteiger partial charge is 0.497 e. The number of para-hydroxylation sites is 1. The summed E-state index contributed by atoms with van der Waals surface area (Å²) in [5.41, 5.74) is 1.46. The molecular formula is C20H16N2O4S. The smallest absolute Gasteiger partial charge is 0.293 e. The minimum Gasteiger partial charge on any atom is -0.497 e. The Morgan fingerprint density at radius 1 is 1.15 bits per heavy atom. The van der Waals surface area contributed by atoms with E-state index in [0.29, 0.717) is 10.7 Å². The average Bonchev–Trinajstić information content (AvgIpc) is 3.32. The fraction of sp³-hybridized carbons (Fsp3) is 0.100. The highest BCUT2D eigenvalue weighted by atomic mass is 32.1. The molecule has 0 atom stereocenters. The van der Waals surface area contributed by atoms with Crippen LogP contribution in [-0.4, -0.2) is 18.0 Å². The average molecular weight is 380 g/mol. The Labute approximate surface area is 159 Å². The lowest BCUT2D eigenvalue weighted by molar-refractivity contribution is 0.0993. The van der Waals surface area contributed by atoms with Gasteiger partial charge in [-0.05, 0) is 36.4 Å². The molecule has 136 valence electrons. The fourth-order valence-electron chi connectivity index (χ4n) is 2.57. The molecular weight excluding hydrogens is 364 g/mol. The quantitative estimate of drug-likeness (QED) is 0.523. The Bertz CT molecular complexity index is 1070. The first-order chi connectivity index (χ1) is 13.2. The molecule has 0 bridgehead atoms. The highest BCUT2D eigenvalue weighted by Crippen LogP contribution is 2.29. The van der Waals surface area contributed by atoms with Crippen LogP contribution in [0.15, 0.2) is 65.3 Å². The normalized spacial score (nSPS) is 10.7. The van der Waals surface area contributed by atoms with Crippen LogP contribution in [-0.2, 0) is 6.61 Å². The van der Waals surface area contributed by atoms with Crippen molar-refractivity contribution in [1.29, 1.82) is 0 Å². The lowest BCUT2D eigenvalue weighted by Crippen LogP contribution is -2.13. The number of carbonyl (C=O) groups is 1. The van der Waals surface area contributed by atoms with E-state index in [4.69, 9.17) is 13.9 Å². The molecule has 0 aliphatic carbocycles. The van der Waals surface area contributed by atoms with E-state index in [1.165, 1.54) is 17.6 Å². The van der Waals surface area contributed by atoms with E-state index in [0.717, 1.165) is 21.7 Å². The summed E-state index contributed by atoms with van der Waals surface area (Å²) in [7, 11) is 1.61. The van der Waals surface area contributed by atoms with Gasteiger partial charge < -0.3 is 13.9 Å². The zero-order chi connectivity index (χ0) is 18.6. The van der Waals surface area contributed by atoms with E-state index in [1.54, 1.807) is 13.2 Å². The maximum Gasteiger partial charge on any atom is 0.293 e. The Balaban J connectivity index is 1.48. The number of furan rings is 1. The predicted octanol–water partition coefficient (Wildman–Crippen LogP) is 4.73. The van der Waals surface area contributed by atoms with Crippen LogP contribution < -0.4 is 14.8 Å². The standard InChI is InChI=1S/C20H16N2O4S/c1-24-15-7-8-16-17(11-15)27-20(21-16)22-19(23)18-13(9-10-25-18)12-26-14-5-3-2-4-6-14/h2-11H,12H2,1H3,(H,21,22,23). The molecule has 0 radical (unpaired) electrons. The van der Waals surface area contributed by atoms with Gasteiger partial charge in [0.1, 0.15) is 18.1 Å². The number of nitrogens with zero attached hydrogens (tertiary/aromatic N) is 1. The highest BCUT2D eigenvalue weighted by molar-refractivity contribution is 7.22. The zero-order valence-electron chi connectivity index (χ0n) is 14.5. The number of ether oxygens (including phenoxy) is 2. The van der Waals surface area contributed by atoms with E-state index >= 15 is 0 Å². The van der Waals surface area contributed by atoms with Gasteiger partial charge in [0.05, 0.1) is 23.6 Å². The van der Waals surface area contributed by atoms with Gasteiger partial charge in [0.25, 0.3) is 5.91 Å². The Morgan fingerprint density at radius 2 is 2.00 bits per heavy atom. The second-order valence-corrected chi connectivity index (χ2v) is 6.71. The van der Waals surface area contributed by atoms with Gasteiger partial charge in [0.15, 0.2) is 10.9 Å². The van der Waals surface area contributed by atoms with Gasteiger partial charge in [-0.1, -0.05) is 29.5 Å². The number of methoxy groups -OCH3 is 1. The van der Waals surface area contributed by atoms with Crippen molar-refractivity contribution in [3.05, 3.63) is 72.2 Å². The van der Waals surface area contributed by atoms with Crippen LogP contribution in [0.3, 0.4) is 0 Å². The zero-order valence-corrected chi connectivity index (χ0v) is 15.3. The minimum absolute atomic E-state index is 0.211. The van der Waals surface area contributed by atoms with Crippen LogP contribution >= 0.6 is 11.3 Å². The summed E-state index contributed by atoms with van der Waals surface area (Å²) in [4.78, 5) is 17.0. The number of anilines is 1. The highest BCUT2D eigenvalue weighted by Gasteiger charge is 2.18. The molecule has 0 fully saturated rings. The van der Waals surface area contributed by atoms with Crippen molar-refractivity contribution < 1.29 is 18.7 Å². The van der Waals surface area contributed by atoms with Crippen molar-refractivity contribution in [2.24, 2.45) is 0 Å². The predicted molar refractivity (Wildman–Crippen MR) is 104 cm³/mol. The van der Waals surface area contributed by atoms with Gasteiger partial charge in [0.2, 0.25) is 0 Å². The van der Waals surface area contributed by atoms with Crippen molar-refractivity contribution in [2.75, 3.05) is 12.4 Å². The van der Waals surface area contributed by atoms with Gasteiger partial charge in [-0.15, -0.1) is 0 Å². The molecule has 1 N–H and O–H groups in total. The second kappa shape index (κ2) is 7.51. The third-order valence-electron chi connectivity index (χ3n) is 3.91. The van der Waals surface area contributed by atoms with Crippen molar-refractivity contribution in [1.82, 2.24) is 4.98 Å². The van der Waals surface area contributed by atoms with Crippen LogP contribution in [0.4, 0.5) is 5.13 Å². The molecule has 4 rings (SSSR count). The molecule has 7 heteroatoms. The maximum absolute atomic E-state index is 12.6. The molecule has 2 aromatic heterocycles. The molecule has 4 aromatic rings. The molecule has 0 aliphatic heterocycles. The number of amides is 1. The number of carbonyl (C=O) groups excluding carboxylic acids is 1. The minimum atomic E-state index is -0.363. The Morgan fingerprint density at radius 3 is 2.81 bits per heavy atom. The molecule has 1 amide bonds. The van der Waals surface area contributed by atoms with E-state index < -0.39 is 0 Å². The van der Waals surface area contributed by atoms with E-state index in [2.05, 4.69) is 10.3 Å². The number of hydrogen-bond donors (Lipinski definition) is 1. The van der Waals surface area contributed by atoms with Crippen molar-refractivity contribution in [3.8, 4) is 11.5 Å². The number of benzene rings is 2. The van der Waals surface area contributed by atoms with E-state index in [-0.39, 0.29) is 18.3 Å². The van der Waals surface area contributed by atoms with Crippen LogP contribution in [0.2, 0.25) is 0 Å². The molecule has 0 saturated heterocycles. The van der Waals surface area contributed by atoms with Crippen LogP contribution in [0.5, 0.6) is 11.5 Å². The SMILES string of the molecule is COc1ccc2nc(NC(=O)c3occc3COc3ccccc3)sc2c1. The molecule has 2 heterocycles. The second-order valence-electron chi connectivity index (χ2n) is 5.68. The number of thiazole rings is 1. The summed E-state index contributed by atoms with van der Waals surface area (Å²) < 4.78 is 17.2. The lowest BCUT2D eigenvalue weighted by Gasteiger charge is -2.06. The van der Waals surface area contributed by atoms with Crippen molar-refractivity contribution >= 4 is 32.6 Å². The monoisotopic (exact) mass is 380 g/mol. The molecule has 0 spiro atoms. The van der Waals surface area contributed by atoms with Crippen molar-refractivity contribution in [3.63, 3.8) is 0 Å². The third kappa shape index (κ3) is 3.78. The van der Waals surface area contributed by atoms with Gasteiger partial charge >= 0.3 is 0 Å². The number of hydrogen-bond acceptors (Lipinski definition) is 6. The number of aromatic nitrogens is 1. The summed E-state index contributed by atoms with van der Waals surface area (Å²) in [5.74, 6) is 1.32. The molecule has 0 unspecified atom stereocenters. The number of fused-ring (bicyclic) bond motifs is 1. The topological polar surface area (TPSA) is 73.6 Å². The molecule has 0 aliphatic rings. The first kappa shape index (κ1) is 17.1. The Kier molecular flexibility index (Phi) is 4.76. The maximum atomic E-state index is 12.6. The van der Waals surface area contributed by atoms with Crippen LogP contribution in [0.1, 0.15) is 16.1 Å². The van der Waals surface area contributed by atoms with Gasteiger partial charge in [0, 0.05) is 5.56 Å². The van der Waals surface area contributed by atoms with Crippen LogP contribution in [0, 0.1) is 0 Å². The summed E-state index contributed by atoms with van der Waals surface area (Å²) in [6.07, 6.45) is 1.47. The van der Waals surface area contributed by atoms with Gasteiger partial charge in [-0.3, -0.25) is 10.1 Å². The summed E-state index contributed by atoms with van der Waals surface area (Å²) >= 11 is 1.37. The number of rotatable bonds is 6. The molecule has 27 heavy (non-hydrogen) atoms. The summed E-state index contributed by atoms with van der Waals surface area (Å²) in [5, 5.41) is 3.28. The van der Waals surface area contributed by atoms with E-state index in [1.807, 2.05) is 48.5 Å². The van der Waals surface area contributed by atoms with E-state index in [9.17, 15) is 4.79 Å². The molecule has 6 nitrogen and oxygen atoms in total. The third-order valence-corrected chi connectivity index (χ3v) is 4.84. The lowest BCUT2D eigenvalue weighted by atomic mass is 10.2. The van der Waals surface area contributed by atoms with Gasteiger partial charge in [-0.25, -0.2) is 4.98 Å². The first-order valence-electron chi connectivity index (χ1n) is 8.23. The Hall–Kier alpha value is -3.32. The molecule has 0 saturated carbocycles. The summed E-state index contributed by atoms with van der Waals surface area (Å²) in [6, 6.07) is 16.7.